The maximum Gasteiger partial charge on any atom is 0.333 e. The molecule has 10 rings (SSSR count). The van der Waals surface area contributed by atoms with E-state index >= 15 is 0 Å². The highest BCUT2D eigenvalue weighted by Crippen LogP contribution is 2.39. The lowest BCUT2D eigenvalue weighted by atomic mass is 9.83. The molecule has 0 saturated carbocycles. The Bertz CT molecular complexity index is 2980. The number of carbonyl (C=O) groups excluding carboxylic acids is 5. The quantitative estimate of drug-likeness (QED) is 0.0348. The van der Waals surface area contributed by atoms with E-state index in [0.717, 1.165) is 48.2 Å². The van der Waals surface area contributed by atoms with Crippen LogP contribution >= 0.6 is 15.9 Å². The van der Waals surface area contributed by atoms with Gasteiger partial charge in [0.1, 0.15) is 25.9 Å². The summed E-state index contributed by atoms with van der Waals surface area (Å²) < 4.78 is 32.3. The first-order valence-electron chi connectivity index (χ1n) is 26.3. The fourth-order valence-corrected chi connectivity index (χ4v) is 9.12. The van der Waals surface area contributed by atoms with E-state index in [1.807, 2.05) is 54.6 Å². The van der Waals surface area contributed by atoms with Crippen LogP contribution in [0.4, 0.5) is 0 Å². The molecule has 13 nitrogen and oxygen atoms in total. The van der Waals surface area contributed by atoms with Crippen molar-refractivity contribution in [2.45, 2.75) is 90.2 Å². The van der Waals surface area contributed by atoms with E-state index in [9.17, 15) is 24.0 Å². The van der Waals surface area contributed by atoms with Crippen molar-refractivity contribution < 1.29 is 52.4 Å². The van der Waals surface area contributed by atoms with Gasteiger partial charge in [0.05, 0.1) is 31.5 Å². The predicted molar refractivity (Wildman–Crippen MR) is 309 cm³/mol. The molecule has 1 amide bonds. The third kappa shape index (κ3) is 17.8. The smallest absolute Gasteiger partial charge is 0.333 e. The Morgan fingerprint density at radius 3 is 1.43 bits per heavy atom. The Hall–Kier alpha value is -7.49. The molecule has 0 heterocycles. The second kappa shape index (κ2) is 30.0. The zero-order chi connectivity index (χ0) is 57.0. The van der Waals surface area contributed by atoms with Gasteiger partial charge in [-0.3, -0.25) is 4.79 Å². The molecule has 414 valence electrons. The van der Waals surface area contributed by atoms with Crippen LogP contribution < -0.4 is 10.6 Å². The number of hydrogen-bond acceptors (Lipinski definition) is 12. The molecular formula is C65H71BrN2O11. The largest absolute Gasteiger partial charge is 0.461 e. The van der Waals surface area contributed by atoms with Crippen LogP contribution in [0.25, 0.3) is 0 Å². The number of ether oxygens (including phenoxy) is 6. The first-order chi connectivity index (χ1) is 37.9. The lowest BCUT2D eigenvalue weighted by Gasteiger charge is -2.30. The average Bonchev–Trinajstić information content (AvgIpc) is 3.44. The van der Waals surface area contributed by atoms with Gasteiger partial charge in [-0.1, -0.05) is 152 Å². The normalized spacial score (nSPS) is 17.3. The van der Waals surface area contributed by atoms with Crippen molar-refractivity contribution in [2.75, 3.05) is 39.6 Å². The Morgan fingerprint density at radius 2 is 0.924 bits per heavy atom. The van der Waals surface area contributed by atoms with E-state index < -0.39 is 5.97 Å². The second-order valence-electron chi connectivity index (χ2n) is 19.6. The summed E-state index contributed by atoms with van der Waals surface area (Å²) in [7, 11) is 0. The molecule has 5 atom stereocenters. The van der Waals surface area contributed by atoms with Crippen LogP contribution in [0.15, 0.2) is 181 Å². The maximum atomic E-state index is 11.3. The van der Waals surface area contributed by atoms with Crippen molar-refractivity contribution in [3.8, 4) is 0 Å². The summed E-state index contributed by atoms with van der Waals surface area (Å²) >= 11 is 3.44. The summed E-state index contributed by atoms with van der Waals surface area (Å²) in [5.41, 5.74) is 14.7. The van der Waals surface area contributed by atoms with Crippen molar-refractivity contribution in [1.82, 2.24) is 10.6 Å². The van der Waals surface area contributed by atoms with Crippen molar-refractivity contribution >= 4 is 45.7 Å². The van der Waals surface area contributed by atoms with Crippen LogP contribution in [0.2, 0.25) is 0 Å². The molecular weight excluding hydrogens is 1060 g/mol. The average molecular weight is 1140 g/mol. The minimum Gasteiger partial charge on any atom is -0.461 e. The summed E-state index contributed by atoms with van der Waals surface area (Å²) in [6, 6.07) is 39.6. The standard InChI is InChI=1S/C14H15BrO3.C14H17NO2.C13H14O3.C12H13NO.C12H12O2/c1-9(2)14(16)18-6-5-17-13-7-10-3-4-11(15)8-12(10)13;1-10(2)14(16)17-8-7-15-13-9-11-5-3-4-6-12(11)13;1-2-13(14)16-8-7-15-12-9-10-5-3-4-6-11(10)12;1-8(2)12(14)13-11-7-9-5-3-4-6-10(9)11;1-8(2)12(13)14-11-7-9-5-3-4-6-10(9)11/h3-4,8,13H,1,5-7H2,2H3;3-6,13,15H,1,7-9H2,2H3;2-6,12H,1,7-9H2;3-6,11H,1,7H2,2H3,(H,13,14);3-6,11H,1,7H2,2H3. The SMILES string of the molecule is C=C(C)C(=O)NC1Cc2ccccc21.C=C(C)C(=O)OC1Cc2ccccc21.C=C(C)C(=O)OCCNC1Cc2ccccc21.C=C(C)C(=O)OCCOC1Cc2ccc(Br)cc21.C=CC(=O)OCCOC1Cc2ccccc21. The van der Waals surface area contributed by atoms with Gasteiger partial charge in [0, 0.05) is 64.7 Å². The molecule has 2 N–H and O–H groups in total. The number of carbonyl (C=O) groups is 5. The van der Waals surface area contributed by atoms with Gasteiger partial charge in [0.25, 0.3) is 0 Å². The Kier molecular flexibility index (Phi) is 23.1. The molecule has 0 bridgehead atoms. The summed E-state index contributed by atoms with van der Waals surface area (Å²) in [6.07, 6.45) is 6.09. The number of halogens is 1. The Labute approximate surface area is 472 Å². The summed E-state index contributed by atoms with van der Waals surface area (Å²) in [5.74, 6) is -1.44. The molecule has 0 saturated heterocycles. The number of benzene rings is 5. The van der Waals surface area contributed by atoms with Crippen molar-refractivity contribution in [1.29, 1.82) is 0 Å². The van der Waals surface area contributed by atoms with Crippen LogP contribution in [0.1, 0.15) is 114 Å². The lowest BCUT2D eigenvalue weighted by molar-refractivity contribution is -0.146. The third-order valence-electron chi connectivity index (χ3n) is 13.3. The summed E-state index contributed by atoms with van der Waals surface area (Å²) in [4.78, 5) is 55.6. The molecule has 0 aliphatic heterocycles. The molecule has 0 spiro atoms. The van der Waals surface area contributed by atoms with Crippen LogP contribution in [-0.4, -0.2) is 69.4 Å². The maximum absolute atomic E-state index is 11.3. The number of rotatable bonds is 19. The first-order valence-corrected chi connectivity index (χ1v) is 27.1. The summed E-state index contributed by atoms with van der Waals surface area (Å²) in [5, 5.41) is 6.30. The molecule has 0 aromatic heterocycles. The van der Waals surface area contributed by atoms with Gasteiger partial charge in [0.2, 0.25) is 5.91 Å². The molecule has 0 radical (unpaired) electrons. The highest BCUT2D eigenvalue weighted by molar-refractivity contribution is 9.10. The Morgan fingerprint density at radius 1 is 0.494 bits per heavy atom. The zero-order valence-corrected chi connectivity index (χ0v) is 47.2. The predicted octanol–water partition coefficient (Wildman–Crippen LogP) is 11.6. The highest BCUT2D eigenvalue weighted by Gasteiger charge is 2.30. The number of hydrogen-bond donors (Lipinski definition) is 2. The molecule has 5 aliphatic rings. The van der Waals surface area contributed by atoms with E-state index in [0.29, 0.717) is 54.7 Å². The number of amides is 1. The zero-order valence-electron chi connectivity index (χ0n) is 45.6. The van der Waals surface area contributed by atoms with Gasteiger partial charge in [-0.2, -0.15) is 0 Å². The molecule has 5 aromatic rings. The van der Waals surface area contributed by atoms with Gasteiger partial charge in [0.15, 0.2) is 0 Å². The molecule has 5 unspecified atom stereocenters. The molecule has 79 heavy (non-hydrogen) atoms. The van der Waals surface area contributed by atoms with Crippen LogP contribution in [-0.2, 0) is 84.5 Å². The van der Waals surface area contributed by atoms with Crippen molar-refractivity contribution in [3.05, 3.63) is 237 Å². The van der Waals surface area contributed by atoms with Gasteiger partial charge in [-0.25, -0.2) is 19.2 Å². The second-order valence-corrected chi connectivity index (χ2v) is 20.5. The van der Waals surface area contributed by atoms with Crippen LogP contribution in [0, 0.1) is 0 Å². The van der Waals surface area contributed by atoms with Crippen molar-refractivity contribution in [3.63, 3.8) is 0 Å². The number of nitrogens with one attached hydrogen (secondary N) is 2. The number of esters is 4. The Balaban J connectivity index is 0.000000160. The van der Waals surface area contributed by atoms with E-state index in [1.165, 1.54) is 50.1 Å². The first kappa shape index (κ1) is 60.7. The molecule has 0 fully saturated rings. The number of fused-ring (bicyclic) bond motifs is 5. The van der Waals surface area contributed by atoms with Crippen LogP contribution in [0.5, 0.6) is 0 Å². The van der Waals surface area contributed by atoms with E-state index in [2.05, 4.69) is 120 Å². The van der Waals surface area contributed by atoms with Gasteiger partial charge in [-0.15, -0.1) is 0 Å². The van der Waals surface area contributed by atoms with E-state index in [4.69, 9.17) is 28.4 Å². The van der Waals surface area contributed by atoms with Gasteiger partial charge in [-0.05, 0) is 108 Å². The highest BCUT2D eigenvalue weighted by atomic mass is 79.9. The molecule has 14 heteroatoms. The van der Waals surface area contributed by atoms with Crippen molar-refractivity contribution in [2.24, 2.45) is 0 Å². The fraction of sp³-hybridized carbons (Fsp3) is 0.308. The van der Waals surface area contributed by atoms with Gasteiger partial charge >= 0.3 is 23.9 Å². The fourth-order valence-electron chi connectivity index (χ4n) is 8.74. The van der Waals surface area contributed by atoms with Crippen LogP contribution in [0.3, 0.4) is 0 Å². The lowest BCUT2D eigenvalue weighted by Crippen LogP contribution is -2.35. The third-order valence-corrected chi connectivity index (χ3v) is 13.8. The minimum atomic E-state index is -0.405. The molecule has 5 aliphatic carbocycles. The summed E-state index contributed by atoms with van der Waals surface area (Å²) in [6.45, 7) is 26.6. The monoisotopic (exact) mass is 1130 g/mol. The van der Waals surface area contributed by atoms with E-state index in [1.54, 1.807) is 27.7 Å². The van der Waals surface area contributed by atoms with Gasteiger partial charge < -0.3 is 39.1 Å². The van der Waals surface area contributed by atoms with E-state index in [-0.39, 0.29) is 61.4 Å². The minimum absolute atomic E-state index is 0.0514. The molecule has 5 aromatic carbocycles. The topological polar surface area (TPSA) is 165 Å².